The Balaban J connectivity index is 2.98. The zero-order chi connectivity index (χ0) is 8.55. The first-order valence-electron chi connectivity index (χ1n) is 3.47. The fraction of sp³-hybridized carbons (Fsp3) is 0. The maximum absolute atomic E-state index is 11.1. The molecule has 59 valence electrons. The van der Waals surface area contributed by atoms with Gasteiger partial charge in [0.05, 0.1) is 5.39 Å². The molecule has 1 aromatic carbocycles. The average Bonchev–Trinajstić information content (AvgIpc) is 2.07. The molecule has 0 spiro atoms. The van der Waals surface area contributed by atoms with Gasteiger partial charge in [0.25, 0.3) is 0 Å². The van der Waals surface area contributed by atoms with Gasteiger partial charge in [-0.05, 0) is 23.6 Å². The lowest BCUT2D eigenvalue weighted by molar-refractivity contribution is 0.510. The average molecular weight is 160 g/mol. The molecule has 0 unspecified atom stereocenters. The van der Waals surface area contributed by atoms with Crippen molar-refractivity contribution in [2.75, 3.05) is 5.73 Å². The van der Waals surface area contributed by atoms with Crippen LogP contribution in [0.2, 0.25) is 0 Å². The third kappa shape index (κ3) is 0.955. The van der Waals surface area contributed by atoms with Crippen LogP contribution in [-0.4, -0.2) is 0 Å². The van der Waals surface area contributed by atoms with Gasteiger partial charge < -0.3 is 10.2 Å². The van der Waals surface area contributed by atoms with Crippen molar-refractivity contribution < 1.29 is 4.42 Å². The van der Waals surface area contributed by atoms with Crippen molar-refractivity contribution in [1.82, 2.24) is 0 Å². The first kappa shape index (κ1) is 6.91. The molecule has 2 aromatic rings. The van der Waals surface area contributed by atoms with E-state index in [1.807, 2.05) is 0 Å². The molecule has 0 saturated heterocycles. The maximum atomic E-state index is 11.1. The lowest BCUT2D eigenvalue weighted by Crippen LogP contribution is -1.98. The van der Waals surface area contributed by atoms with Crippen LogP contribution < -0.4 is 11.4 Å². The maximum Gasteiger partial charge on any atom is 0.344 e. The number of nitrogens with two attached hydrogens (primary N) is 1. The van der Waals surface area contributed by atoms with Gasteiger partial charge in [0, 0.05) is 5.69 Å². The quantitative estimate of drug-likeness (QED) is 0.588. The third-order valence-corrected chi connectivity index (χ3v) is 1.66. The molecule has 0 saturated carbocycles. The number of anilines is 1. The third-order valence-electron chi connectivity index (χ3n) is 1.66. The molecule has 1 radical (unpaired) electrons. The number of fused-ring (bicyclic) bond motifs is 1. The second kappa shape index (κ2) is 2.37. The molecule has 3 nitrogen and oxygen atoms in total. The molecule has 0 aliphatic rings. The summed E-state index contributed by atoms with van der Waals surface area (Å²) >= 11 is 0. The van der Waals surface area contributed by atoms with Crippen LogP contribution >= 0.6 is 0 Å². The van der Waals surface area contributed by atoms with E-state index in [1.165, 1.54) is 0 Å². The lowest BCUT2D eigenvalue weighted by Gasteiger charge is -1.95. The van der Waals surface area contributed by atoms with Crippen molar-refractivity contribution in [1.29, 1.82) is 0 Å². The number of rotatable bonds is 0. The summed E-state index contributed by atoms with van der Waals surface area (Å²) in [6, 6.07) is 6.69. The van der Waals surface area contributed by atoms with Crippen molar-refractivity contribution in [2.45, 2.75) is 0 Å². The van der Waals surface area contributed by atoms with E-state index in [2.05, 4.69) is 10.7 Å². The number of hydrogen-bond donors (Lipinski definition) is 1. The normalized spacial score (nSPS) is 10.3. The summed E-state index contributed by atoms with van der Waals surface area (Å²) in [6.45, 7) is 0. The second-order valence-electron chi connectivity index (χ2n) is 2.50. The Labute approximate surface area is 68.4 Å². The van der Waals surface area contributed by atoms with Gasteiger partial charge in [-0.3, -0.25) is 0 Å². The molecule has 1 aromatic heterocycles. The Morgan fingerprint density at radius 2 is 2.25 bits per heavy atom. The van der Waals surface area contributed by atoms with Gasteiger partial charge >= 0.3 is 5.63 Å². The fourth-order valence-corrected chi connectivity index (χ4v) is 1.08. The second-order valence-corrected chi connectivity index (χ2v) is 2.50. The zero-order valence-corrected chi connectivity index (χ0v) is 6.20. The van der Waals surface area contributed by atoms with E-state index in [-0.39, 0.29) is 0 Å². The van der Waals surface area contributed by atoms with Crippen LogP contribution in [0.4, 0.5) is 5.69 Å². The summed E-state index contributed by atoms with van der Waals surface area (Å²) in [7, 11) is 0. The summed E-state index contributed by atoms with van der Waals surface area (Å²) in [4.78, 5) is 11.1. The van der Waals surface area contributed by atoms with Crippen LogP contribution in [0.15, 0.2) is 33.5 Å². The summed E-state index contributed by atoms with van der Waals surface area (Å²) in [5, 5.41) is 1.29. The minimum absolute atomic E-state index is 0.403. The van der Waals surface area contributed by atoms with Crippen molar-refractivity contribution in [2.24, 2.45) is 0 Å². The molecule has 3 heteroatoms. The molecule has 0 bridgehead atoms. The first-order valence-corrected chi connectivity index (χ1v) is 3.47. The highest BCUT2D eigenvalue weighted by molar-refractivity contribution is 5.83. The highest BCUT2D eigenvalue weighted by Gasteiger charge is 1.98. The molecular weight excluding hydrogens is 154 g/mol. The van der Waals surface area contributed by atoms with Crippen LogP contribution in [0.25, 0.3) is 10.8 Å². The smallest absolute Gasteiger partial charge is 0.344 e. The van der Waals surface area contributed by atoms with Crippen LogP contribution in [0.3, 0.4) is 0 Å². The molecule has 12 heavy (non-hydrogen) atoms. The Kier molecular flexibility index (Phi) is 1.37. The van der Waals surface area contributed by atoms with Crippen molar-refractivity contribution >= 4 is 16.5 Å². The molecule has 2 rings (SSSR count). The van der Waals surface area contributed by atoms with Crippen LogP contribution in [0.5, 0.6) is 0 Å². The largest absolute Gasteiger partial charge is 0.419 e. The number of hydrogen-bond acceptors (Lipinski definition) is 3. The van der Waals surface area contributed by atoms with Gasteiger partial charge in [-0.2, -0.15) is 0 Å². The van der Waals surface area contributed by atoms with E-state index < -0.39 is 5.63 Å². The molecule has 0 amide bonds. The minimum atomic E-state index is -0.403. The van der Waals surface area contributed by atoms with Gasteiger partial charge in [-0.15, -0.1) is 0 Å². The molecule has 0 aliphatic carbocycles. The highest BCUT2D eigenvalue weighted by atomic mass is 16.4. The van der Waals surface area contributed by atoms with Crippen molar-refractivity contribution in [3.63, 3.8) is 0 Å². The van der Waals surface area contributed by atoms with Crippen molar-refractivity contribution in [3.05, 3.63) is 40.9 Å². The monoisotopic (exact) mass is 160 g/mol. The molecule has 0 fully saturated rings. The predicted molar refractivity (Wildman–Crippen MR) is 45.7 cm³/mol. The summed E-state index contributed by atoms with van der Waals surface area (Å²) < 4.78 is 4.56. The van der Waals surface area contributed by atoms with Crippen LogP contribution in [-0.2, 0) is 0 Å². The summed E-state index contributed by atoms with van der Waals surface area (Å²) in [6.07, 6.45) is 2.39. The number of nitrogen functional groups attached to an aromatic ring is 1. The first-order chi connectivity index (χ1) is 5.77. The SMILES string of the molecule is Nc1ccc2c[c]oc(=O)c2c1. The van der Waals surface area contributed by atoms with E-state index in [1.54, 1.807) is 24.3 Å². The Morgan fingerprint density at radius 3 is 3.08 bits per heavy atom. The summed E-state index contributed by atoms with van der Waals surface area (Å²) in [5.41, 5.74) is 5.66. The van der Waals surface area contributed by atoms with Crippen LogP contribution in [0.1, 0.15) is 0 Å². The zero-order valence-electron chi connectivity index (χ0n) is 6.20. The summed E-state index contributed by atoms with van der Waals surface area (Å²) in [5.74, 6) is 0. The molecule has 0 aliphatic heterocycles. The van der Waals surface area contributed by atoms with E-state index in [0.29, 0.717) is 11.1 Å². The lowest BCUT2D eigenvalue weighted by atomic mass is 10.2. The van der Waals surface area contributed by atoms with Gasteiger partial charge in [-0.25, -0.2) is 4.79 Å². The topological polar surface area (TPSA) is 56.2 Å². The van der Waals surface area contributed by atoms with Gasteiger partial charge in [-0.1, -0.05) is 6.07 Å². The Morgan fingerprint density at radius 1 is 1.42 bits per heavy atom. The van der Waals surface area contributed by atoms with Crippen molar-refractivity contribution in [3.8, 4) is 0 Å². The van der Waals surface area contributed by atoms with Gasteiger partial charge in [0.15, 0.2) is 6.26 Å². The Hall–Kier alpha value is -1.77. The van der Waals surface area contributed by atoms with Crippen LogP contribution in [0, 0.1) is 6.26 Å². The van der Waals surface area contributed by atoms with Gasteiger partial charge in [0.1, 0.15) is 0 Å². The Bertz CT molecular complexity index is 473. The number of benzene rings is 1. The highest BCUT2D eigenvalue weighted by Crippen LogP contribution is 2.12. The van der Waals surface area contributed by atoms with E-state index in [9.17, 15) is 4.79 Å². The molecular formula is C9H6NO2. The standard InChI is InChI=1S/C9H6NO2/c10-7-2-1-6-3-4-12-9(11)8(6)5-7/h1-3,5H,10H2. The minimum Gasteiger partial charge on any atom is -0.419 e. The molecule has 1 heterocycles. The van der Waals surface area contributed by atoms with Gasteiger partial charge in [0.2, 0.25) is 0 Å². The van der Waals surface area contributed by atoms with E-state index in [4.69, 9.17) is 5.73 Å². The van der Waals surface area contributed by atoms with E-state index >= 15 is 0 Å². The molecule has 2 N–H and O–H groups in total. The fourth-order valence-electron chi connectivity index (χ4n) is 1.08. The molecule has 0 atom stereocenters. The predicted octanol–water partition coefficient (Wildman–Crippen LogP) is 1.18. The van der Waals surface area contributed by atoms with E-state index in [0.717, 1.165) is 5.39 Å².